The number of guanidine groups is 1. The van der Waals surface area contributed by atoms with Crippen molar-refractivity contribution in [2.75, 3.05) is 20.1 Å². The Morgan fingerprint density at radius 2 is 1.90 bits per heavy atom. The van der Waals surface area contributed by atoms with Gasteiger partial charge in [0.1, 0.15) is 0 Å². The number of aromatic nitrogens is 1. The number of carbonyl (C=O) groups excluding carboxylic acids is 1. The van der Waals surface area contributed by atoms with Crippen LogP contribution in [-0.4, -0.2) is 70.7 Å². The fraction of sp³-hybridized carbons (Fsp3) is 0.476. The second kappa shape index (κ2) is 8.65. The molecule has 1 aromatic carbocycles. The summed E-state index contributed by atoms with van der Waals surface area (Å²) < 4.78 is 0. The SMILES string of the molecule is CC(Cc1c[nH]c2ccccc12)NC(=O)C(=N)NC(=N)N1C[C@@H](C)N(C)[C@H](C)C1. The first-order valence-electron chi connectivity index (χ1n) is 10.0. The van der Waals surface area contributed by atoms with Gasteiger partial charge in [-0.2, -0.15) is 0 Å². The lowest BCUT2D eigenvalue weighted by molar-refractivity contribution is -0.115. The van der Waals surface area contributed by atoms with Crippen molar-refractivity contribution >= 4 is 28.6 Å². The van der Waals surface area contributed by atoms with Gasteiger partial charge in [-0.15, -0.1) is 0 Å². The zero-order valence-electron chi connectivity index (χ0n) is 17.5. The molecule has 0 radical (unpaired) electrons. The molecule has 2 aromatic rings. The monoisotopic (exact) mass is 397 g/mol. The number of hydrogen-bond acceptors (Lipinski definition) is 4. The van der Waals surface area contributed by atoms with Crippen molar-refractivity contribution in [3.8, 4) is 0 Å². The second-order valence-electron chi connectivity index (χ2n) is 8.06. The largest absolute Gasteiger partial charge is 0.361 e. The van der Waals surface area contributed by atoms with Crippen molar-refractivity contribution in [2.24, 2.45) is 0 Å². The third-order valence-electron chi connectivity index (χ3n) is 5.72. The van der Waals surface area contributed by atoms with Gasteiger partial charge in [-0.25, -0.2) is 0 Å². The Bertz CT molecular complexity index is 893. The average molecular weight is 398 g/mol. The van der Waals surface area contributed by atoms with Gasteiger partial charge >= 0.3 is 0 Å². The van der Waals surface area contributed by atoms with Crippen molar-refractivity contribution in [3.63, 3.8) is 0 Å². The summed E-state index contributed by atoms with van der Waals surface area (Å²) in [5, 5.41) is 23.0. The summed E-state index contributed by atoms with van der Waals surface area (Å²) in [5.41, 5.74) is 2.19. The Morgan fingerprint density at radius 3 is 2.59 bits per heavy atom. The van der Waals surface area contributed by atoms with Crippen molar-refractivity contribution < 1.29 is 4.79 Å². The second-order valence-corrected chi connectivity index (χ2v) is 8.06. The molecule has 1 saturated heterocycles. The third kappa shape index (κ3) is 4.76. The van der Waals surface area contributed by atoms with E-state index in [9.17, 15) is 4.79 Å². The number of nitrogens with one attached hydrogen (secondary N) is 5. The number of fused-ring (bicyclic) bond motifs is 1. The zero-order chi connectivity index (χ0) is 21.1. The first-order chi connectivity index (χ1) is 13.8. The third-order valence-corrected chi connectivity index (χ3v) is 5.72. The molecule has 1 aromatic heterocycles. The van der Waals surface area contributed by atoms with Gasteiger partial charge in [0.05, 0.1) is 0 Å². The lowest BCUT2D eigenvalue weighted by Gasteiger charge is -2.43. The number of H-pyrrole nitrogens is 1. The van der Waals surface area contributed by atoms with Crippen molar-refractivity contribution in [1.82, 2.24) is 25.4 Å². The van der Waals surface area contributed by atoms with Crippen LogP contribution in [0.25, 0.3) is 10.9 Å². The fourth-order valence-electron chi connectivity index (χ4n) is 3.82. The van der Waals surface area contributed by atoms with E-state index in [-0.39, 0.29) is 17.8 Å². The standard InChI is InChI=1S/C21H31N7O/c1-13(9-16-10-24-18-8-6-5-7-17(16)18)25-20(29)19(22)26-21(23)28-11-14(2)27(4)15(3)12-28/h5-8,10,13-15,24H,9,11-12H2,1-4H3,(H,25,29)(H3,22,23,26)/t13?,14-,15-/m1/s1. The Labute approximate surface area is 171 Å². The van der Waals surface area contributed by atoms with E-state index in [1.165, 1.54) is 0 Å². The van der Waals surface area contributed by atoms with Gasteiger partial charge in [0.15, 0.2) is 11.8 Å². The Kier molecular flexibility index (Phi) is 6.22. The molecule has 8 heteroatoms. The number of likely N-dealkylation sites (N-methyl/N-ethyl adjacent to an activating group) is 1. The lowest BCUT2D eigenvalue weighted by atomic mass is 10.1. The minimum atomic E-state index is -0.502. The van der Waals surface area contributed by atoms with Gasteiger partial charge in [-0.05, 0) is 45.9 Å². The smallest absolute Gasteiger partial charge is 0.286 e. The van der Waals surface area contributed by atoms with Crippen LogP contribution in [0, 0.1) is 10.8 Å². The summed E-state index contributed by atoms with van der Waals surface area (Å²) in [4.78, 5) is 19.8. The summed E-state index contributed by atoms with van der Waals surface area (Å²) in [6.07, 6.45) is 2.62. The van der Waals surface area contributed by atoms with Gasteiger partial charge in [0, 0.05) is 48.3 Å². The van der Waals surface area contributed by atoms with E-state index in [0.29, 0.717) is 31.6 Å². The van der Waals surface area contributed by atoms with E-state index in [2.05, 4.69) is 47.5 Å². The molecule has 3 rings (SSSR count). The van der Waals surface area contributed by atoms with Crippen molar-refractivity contribution in [3.05, 3.63) is 36.0 Å². The highest BCUT2D eigenvalue weighted by molar-refractivity contribution is 6.39. The Balaban J connectivity index is 1.52. The predicted molar refractivity (Wildman–Crippen MR) is 116 cm³/mol. The number of carbonyl (C=O) groups is 1. The molecule has 2 heterocycles. The molecule has 29 heavy (non-hydrogen) atoms. The molecule has 1 amide bonds. The molecule has 1 aliphatic rings. The number of amidine groups is 1. The van der Waals surface area contributed by atoms with E-state index in [4.69, 9.17) is 10.8 Å². The topological polar surface area (TPSA) is 111 Å². The molecule has 1 unspecified atom stereocenters. The summed E-state index contributed by atoms with van der Waals surface area (Å²) >= 11 is 0. The van der Waals surface area contributed by atoms with Gasteiger partial charge in [0.2, 0.25) is 0 Å². The zero-order valence-corrected chi connectivity index (χ0v) is 17.5. The Morgan fingerprint density at radius 1 is 1.24 bits per heavy atom. The summed E-state index contributed by atoms with van der Waals surface area (Å²) in [6.45, 7) is 7.53. The fourth-order valence-corrected chi connectivity index (χ4v) is 3.82. The molecule has 1 fully saturated rings. The number of para-hydroxylation sites is 1. The quantitative estimate of drug-likeness (QED) is 0.401. The van der Waals surface area contributed by atoms with E-state index in [1.54, 1.807) is 0 Å². The van der Waals surface area contributed by atoms with Crippen LogP contribution in [0.4, 0.5) is 0 Å². The molecule has 0 aliphatic carbocycles. The highest BCUT2D eigenvalue weighted by Gasteiger charge is 2.28. The van der Waals surface area contributed by atoms with Crippen LogP contribution in [0.5, 0.6) is 0 Å². The van der Waals surface area contributed by atoms with Crippen LogP contribution >= 0.6 is 0 Å². The van der Waals surface area contributed by atoms with Gasteiger partial charge < -0.3 is 20.5 Å². The first kappa shape index (κ1) is 20.9. The summed E-state index contributed by atoms with van der Waals surface area (Å²) in [6, 6.07) is 8.53. The number of rotatable bonds is 3. The van der Waals surface area contributed by atoms with Crippen LogP contribution < -0.4 is 10.6 Å². The normalized spacial score (nSPS) is 21.0. The molecule has 0 spiro atoms. The number of amides is 1. The molecule has 1 aliphatic heterocycles. The first-order valence-corrected chi connectivity index (χ1v) is 10.0. The van der Waals surface area contributed by atoms with Crippen molar-refractivity contribution in [2.45, 2.75) is 45.3 Å². The number of aromatic amines is 1. The van der Waals surface area contributed by atoms with Crippen molar-refractivity contribution in [1.29, 1.82) is 10.8 Å². The number of piperazine rings is 1. The molecule has 8 nitrogen and oxygen atoms in total. The van der Waals surface area contributed by atoms with E-state index < -0.39 is 5.91 Å². The van der Waals surface area contributed by atoms with Crippen LogP contribution in [0.3, 0.4) is 0 Å². The van der Waals surface area contributed by atoms with Gasteiger partial charge in [-0.3, -0.25) is 20.5 Å². The highest BCUT2D eigenvalue weighted by Crippen LogP contribution is 2.19. The van der Waals surface area contributed by atoms with Crippen LogP contribution in [0.15, 0.2) is 30.5 Å². The molecule has 0 bridgehead atoms. The van der Waals surface area contributed by atoms with Gasteiger partial charge in [-0.1, -0.05) is 18.2 Å². The molecular formula is C21H31N7O. The molecule has 5 N–H and O–H groups in total. The number of nitrogens with zero attached hydrogens (tertiary/aromatic N) is 2. The van der Waals surface area contributed by atoms with Crippen LogP contribution in [-0.2, 0) is 11.2 Å². The highest BCUT2D eigenvalue weighted by atomic mass is 16.2. The maximum Gasteiger partial charge on any atom is 0.286 e. The number of hydrogen-bond donors (Lipinski definition) is 5. The summed E-state index contributed by atoms with van der Waals surface area (Å²) in [5.74, 6) is -0.710. The molecule has 156 valence electrons. The molecular weight excluding hydrogens is 366 g/mol. The van der Waals surface area contributed by atoms with Crippen LogP contribution in [0.2, 0.25) is 0 Å². The van der Waals surface area contributed by atoms with E-state index >= 15 is 0 Å². The summed E-state index contributed by atoms with van der Waals surface area (Å²) in [7, 11) is 2.08. The minimum Gasteiger partial charge on any atom is -0.361 e. The predicted octanol–water partition coefficient (Wildman–Crippen LogP) is 1.74. The lowest BCUT2D eigenvalue weighted by Crippen LogP contribution is -2.60. The Hall–Kier alpha value is -2.87. The minimum absolute atomic E-state index is 0.0984. The molecule has 3 atom stereocenters. The van der Waals surface area contributed by atoms with E-state index in [1.807, 2.05) is 36.2 Å². The van der Waals surface area contributed by atoms with Crippen LogP contribution in [0.1, 0.15) is 26.3 Å². The average Bonchev–Trinajstić information content (AvgIpc) is 3.08. The van der Waals surface area contributed by atoms with Gasteiger partial charge in [0.25, 0.3) is 5.91 Å². The maximum absolute atomic E-state index is 12.4. The molecule has 0 saturated carbocycles. The number of benzene rings is 1. The van der Waals surface area contributed by atoms with E-state index in [0.717, 1.165) is 16.5 Å². The maximum atomic E-state index is 12.4.